The summed E-state index contributed by atoms with van der Waals surface area (Å²) in [4.78, 5) is 0. The average molecular weight is 251 g/mol. The van der Waals surface area contributed by atoms with Crippen LogP contribution in [0.5, 0.6) is 0 Å². The molecule has 19 heavy (non-hydrogen) atoms. The second kappa shape index (κ2) is 14.0. The lowest BCUT2D eigenvalue weighted by atomic mass is 10.1. The van der Waals surface area contributed by atoms with Crippen LogP contribution in [0, 0.1) is 52.8 Å². The molecular weight excluding hydrogens is 230 g/mol. The van der Waals surface area contributed by atoms with Crippen LogP contribution in [0.25, 0.3) is 0 Å². The Hall–Kier alpha value is -2.09. The largest absolute Gasteiger partial charge is 0.296 e. The molecule has 0 heterocycles. The molecule has 0 fully saturated rings. The van der Waals surface area contributed by atoms with E-state index in [2.05, 4.69) is 54.3 Å². The number of rotatable bonds is 7. The molecule has 0 aromatic heterocycles. The van der Waals surface area contributed by atoms with Crippen LogP contribution in [0.15, 0.2) is 0 Å². The van der Waals surface area contributed by atoms with E-state index in [1.165, 1.54) is 32.1 Å². The van der Waals surface area contributed by atoms with Crippen LogP contribution in [-0.4, -0.2) is 5.71 Å². The first-order chi connectivity index (χ1) is 9.31. The van der Waals surface area contributed by atoms with Gasteiger partial charge in [-0.1, -0.05) is 44.9 Å². The highest BCUT2D eigenvalue weighted by Crippen LogP contribution is 2.06. The highest BCUT2D eigenvalue weighted by atomic mass is 14.4. The molecule has 0 saturated heterocycles. The molecule has 1 heteroatoms. The summed E-state index contributed by atoms with van der Waals surface area (Å²) in [6.45, 7) is 3.94. The van der Waals surface area contributed by atoms with Gasteiger partial charge in [0.2, 0.25) is 0 Å². The molecule has 0 amide bonds. The maximum Gasteiger partial charge on any atom is 0.0819 e. The first-order valence-electron chi connectivity index (χ1n) is 6.81. The Kier molecular flexibility index (Phi) is 12.4. The summed E-state index contributed by atoms with van der Waals surface area (Å²) in [5, 5.41) is 7.65. The lowest BCUT2D eigenvalue weighted by Crippen LogP contribution is -1.91. The van der Waals surface area contributed by atoms with E-state index in [4.69, 9.17) is 5.41 Å². The fourth-order valence-electron chi connectivity index (χ4n) is 1.44. The van der Waals surface area contributed by atoms with E-state index in [1.54, 1.807) is 6.92 Å². The van der Waals surface area contributed by atoms with Crippen molar-refractivity contribution in [2.24, 2.45) is 0 Å². The maximum absolute atomic E-state index is 7.65. The minimum absolute atomic E-state index is 0.464. The Morgan fingerprint density at radius 2 is 1.37 bits per heavy atom. The average Bonchev–Trinajstić information content (AvgIpc) is 2.41. The summed E-state index contributed by atoms with van der Waals surface area (Å²) in [5.41, 5.74) is 0.464. The third-order valence-electron chi connectivity index (χ3n) is 2.43. The smallest absolute Gasteiger partial charge is 0.0819 e. The molecule has 0 rings (SSSR count). The van der Waals surface area contributed by atoms with Crippen LogP contribution < -0.4 is 0 Å². The third-order valence-corrected chi connectivity index (χ3v) is 2.43. The number of hydrogen-bond donors (Lipinski definition) is 1. The summed E-state index contributed by atoms with van der Waals surface area (Å²) >= 11 is 0. The molecule has 98 valence electrons. The fraction of sp³-hybridized carbons (Fsp3) is 0.500. The van der Waals surface area contributed by atoms with Crippen LogP contribution in [0.1, 0.15) is 58.8 Å². The van der Waals surface area contributed by atoms with Crippen LogP contribution in [0.4, 0.5) is 0 Å². The molecule has 0 aliphatic heterocycles. The molecule has 0 aliphatic rings. The van der Waals surface area contributed by atoms with Gasteiger partial charge < -0.3 is 0 Å². The Morgan fingerprint density at radius 3 is 2.05 bits per heavy atom. The molecule has 0 saturated carbocycles. The zero-order valence-corrected chi connectivity index (χ0v) is 11.9. The number of nitrogens with one attached hydrogen (secondary N) is 1. The number of hydrogen-bond acceptors (Lipinski definition) is 1. The summed E-state index contributed by atoms with van der Waals surface area (Å²) in [6.07, 6.45) is 8.16. The number of unbranched alkanes of at least 4 members (excludes halogenated alkanes) is 5. The van der Waals surface area contributed by atoms with Crippen molar-refractivity contribution in [2.75, 3.05) is 0 Å². The fourth-order valence-corrected chi connectivity index (χ4v) is 1.44. The van der Waals surface area contributed by atoms with E-state index in [-0.39, 0.29) is 0 Å². The van der Waals surface area contributed by atoms with E-state index >= 15 is 0 Å². The molecule has 0 unspecified atom stereocenters. The first kappa shape index (κ1) is 16.9. The van der Waals surface area contributed by atoms with E-state index in [9.17, 15) is 0 Å². The van der Waals surface area contributed by atoms with Crippen LogP contribution in [0.3, 0.4) is 0 Å². The molecular formula is C18H21N. The predicted octanol–water partition coefficient (Wildman–Crippen LogP) is 3.79. The Morgan fingerprint density at radius 1 is 0.789 bits per heavy atom. The van der Waals surface area contributed by atoms with E-state index in [0.717, 1.165) is 12.8 Å². The van der Waals surface area contributed by atoms with Crippen molar-refractivity contribution < 1.29 is 0 Å². The highest BCUT2D eigenvalue weighted by molar-refractivity contribution is 5.98. The van der Waals surface area contributed by atoms with E-state index in [1.807, 2.05) is 0 Å². The SMILES string of the molecule is CC#CC#CC#CC#CC(=N)CCCCCCCC. The monoisotopic (exact) mass is 251 g/mol. The van der Waals surface area contributed by atoms with Crippen LogP contribution in [0.2, 0.25) is 0 Å². The van der Waals surface area contributed by atoms with Gasteiger partial charge in [-0.05, 0) is 61.2 Å². The van der Waals surface area contributed by atoms with Gasteiger partial charge in [-0.3, -0.25) is 5.41 Å². The topological polar surface area (TPSA) is 23.9 Å². The third kappa shape index (κ3) is 13.8. The van der Waals surface area contributed by atoms with Gasteiger partial charge in [0.05, 0.1) is 5.71 Å². The molecule has 1 nitrogen and oxygen atoms in total. The Labute approximate surface area is 118 Å². The Bertz CT molecular complexity index is 495. The summed E-state index contributed by atoms with van der Waals surface area (Å²) in [5.74, 6) is 20.9. The van der Waals surface area contributed by atoms with Crippen molar-refractivity contribution in [3.05, 3.63) is 0 Å². The lowest BCUT2D eigenvalue weighted by molar-refractivity contribution is 0.615. The van der Waals surface area contributed by atoms with Gasteiger partial charge in [-0.15, -0.1) is 0 Å². The van der Waals surface area contributed by atoms with Gasteiger partial charge in [0, 0.05) is 0 Å². The molecule has 0 spiro atoms. The first-order valence-corrected chi connectivity index (χ1v) is 6.81. The normalized spacial score (nSPS) is 7.47. The van der Waals surface area contributed by atoms with Crippen LogP contribution in [-0.2, 0) is 0 Å². The Balaban J connectivity index is 3.75. The molecule has 0 aromatic rings. The summed E-state index contributed by atoms with van der Waals surface area (Å²) in [6, 6.07) is 0. The van der Waals surface area contributed by atoms with Gasteiger partial charge in [0.15, 0.2) is 0 Å². The molecule has 1 N–H and O–H groups in total. The van der Waals surface area contributed by atoms with Crippen molar-refractivity contribution >= 4 is 5.71 Å². The van der Waals surface area contributed by atoms with Crippen LogP contribution >= 0.6 is 0 Å². The highest BCUT2D eigenvalue weighted by Gasteiger charge is 1.93. The van der Waals surface area contributed by atoms with E-state index < -0.39 is 0 Å². The van der Waals surface area contributed by atoms with Gasteiger partial charge in [0.1, 0.15) is 0 Å². The van der Waals surface area contributed by atoms with Gasteiger partial charge >= 0.3 is 0 Å². The molecule has 0 aromatic carbocycles. The zero-order valence-electron chi connectivity index (χ0n) is 11.9. The quantitative estimate of drug-likeness (QED) is 0.404. The van der Waals surface area contributed by atoms with Crippen molar-refractivity contribution in [3.8, 4) is 47.4 Å². The minimum atomic E-state index is 0.464. The summed E-state index contributed by atoms with van der Waals surface area (Å²) in [7, 11) is 0. The minimum Gasteiger partial charge on any atom is -0.296 e. The molecule has 0 atom stereocenters. The summed E-state index contributed by atoms with van der Waals surface area (Å²) < 4.78 is 0. The van der Waals surface area contributed by atoms with Crippen molar-refractivity contribution in [1.29, 1.82) is 5.41 Å². The van der Waals surface area contributed by atoms with E-state index in [0.29, 0.717) is 5.71 Å². The van der Waals surface area contributed by atoms with Gasteiger partial charge in [-0.2, -0.15) is 0 Å². The predicted molar refractivity (Wildman–Crippen MR) is 82.5 cm³/mol. The molecule has 0 radical (unpaired) electrons. The molecule has 0 aliphatic carbocycles. The van der Waals surface area contributed by atoms with Gasteiger partial charge in [0.25, 0.3) is 0 Å². The lowest BCUT2D eigenvalue weighted by Gasteiger charge is -1.98. The van der Waals surface area contributed by atoms with Crippen molar-refractivity contribution in [2.45, 2.75) is 58.8 Å². The van der Waals surface area contributed by atoms with Gasteiger partial charge in [-0.25, -0.2) is 0 Å². The zero-order chi connectivity index (χ0) is 14.2. The van der Waals surface area contributed by atoms with Crippen molar-refractivity contribution in [3.63, 3.8) is 0 Å². The standard InChI is InChI=1S/C18H21N/c1-3-5-7-9-11-13-15-17-18(19)16-14-12-10-8-6-4-2/h19H,4,6,8,10,12,14,16H2,1-2H3. The van der Waals surface area contributed by atoms with Crippen molar-refractivity contribution in [1.82, 2.24) is 0 Å². The second-order valence-corrected chi connectivity index (χ2v) is 4.12. The maximum atomic E-state index is 7.65. The second-order valence-electron chi connectivity index (χ2n) is 4.12. The molecule has 0 bridgehead atoms.